The highest BCUT2D eigenvalue weighted by atomic mass is 35.5. The Kier molecular flexibility index (Phi) is 3.83. The molecule has 104 valence electrons. The van der Waals surface area contributed by atoms with Gasteiger partial charge in [0.05, 0.1) is 23.7 Å². The number of methoxy groups -OCH3 is 1. The first-order valence-corrected chi connectivity index (χ1v) is 7.53. The molecular formula is C13H11Cl2N3OS. The van der Waals surface area contributed by atoms with E-state index in [4.69, 9.17) is 27.9 Å². The van der Waals surface area contributed by atoms with Crippen molar-refractivity contribution in [1.29, 1.82) is 0 Å². The van der Waals surface area contributed by atoms with Gasteiger partial charge in [-0.1, -0.05) is 23.2 Å². The van der Waals surface area contributed by atoms with E-state index in [-0.39, 0.29) is 6.04 Å². The average molecular weight is 328 g/mol. The number of hydrogen-bond donors (Lipinski definition) is 1. The standard InChI is InChI=1S/C13H11Cl2N3OS/c1-19-8-4-2-7(3-5-8)9-6-10(18-17-9)11-12(14)16-13(15)20-11/h2-5,10,18H,6H2,1H3. The van der Waals surface area contributed by atoms with Crippen LogP contribution in [0.3, 0.4) is 0 Å². The third-order valence-electron chi connectivity index (χ3n) is 3.08. The van der Waals surface area contributed by atoms with Crippen LogP contribution in [0.5, 0.6) is 5.75 Å². The van der Waals surface area contributed by atoms with E-state index in [9.17, 15) is 0 Å². The Labute approximate surface area is 130 Å². The zero-order valence-electron chi connectivity index (χ0n) is 10.6. The van der Waals surface area contributed by atoms with Gasteiger partial charge in [-0.05, 0) is 29.8 Å². The Hall–Kier alpha value is -1.30. The van der Waals surface area contributed by atoms with Crippen LogP contribution in [-0.4, -0.2) is 17.8 Å². The van der Waals surface area contributed by atoms with Gasteiger partial charge in [0.15, 0.2) is 4.47 Å². The predicted molar refractivity (Wildman–Crippen MR) is 82.2 cm³/mol. The Morgan fingerprint density at radius 1 is 1.30 bits per heavy atom. The van der Waals surface area contributed by atoms with E-state index in [1.54, 1.807) is 7.11 Å². The van der Waals surface area contributed by atoms with Crippen molar-refractivity contribution in [2.45, 2.75) is 12.5 Å². The molecule has 0 fully saturated rings. The number of halogens is 2. The fourth-order valence-electron chi connectivity index (χ4n) is 2.06. The topological polar surface area (TPSA) is 46.5 Å². The maximum atomic E-state index is 6.07. The Balaban J connectivity index is 1.77. The number of hydrazone groups is 1. The Bertz CT molecular complexity index is 654. The molecule has 0 spiro atoms. The molecule has 20 heavy (non-hydrogen) atoms. The van der Waals surface area contributed by atoms with E-state index in [1.165, 1.54) is 11.3 Å². The molecule has 0 bridgehead atoms. The van der Waals surface area contributed by atoms with Gasteiger partial charge in [0.25, 0.3) is 0 Å². The van der Waals surface area contributed by atoms with E-state index < -0.39 is 0 Å². The van der Waals surface area contributed by atoms with Crippen molar-refractivity contribution < 1.29 is 4.74 Å². The SMILES string of the molecule is COc1ccc(C2=NNC(c3sc(Cl)nc3Cl)C2)cc1. The van der Waals surface area contributed by atoms with Gasteiger partial charge in [-0.15, -0.1) is 11.3 Å². The van der Waals surface area contributed by atoms with Crippen LogP contribution >= 0.6 is 34.5 Å². The van der Waals surface area contributed by atoms with Crippen LogP contribution < -0.4 is 10.2 Å². The number of hydrogen-bond acceptors (Lipinski definition) is 5. The van der Waals surface area contributed by atoms with Crippen molar-refractivity contribution in [3.05, 3.63) is 44.3 Å². The van der Waals surface area contributed by atoms with E-state index in [0.717, 1.165) is 28.3 Å². The lowest BCUT2D eigenvalue weighted by Gasteiger charge is -2.07. The van der Waals surface area contributed by atoms with Crippen LogP contribution in [0.25, 0.3) is 0 Å². The summed E-state index contributed by atoms with van der Waals surface area (Å²) in [5, 5.41) is 4.82. The van der Waals surface area contributed by atoms with Gasteiger partial charge in [0, 0.05) is 6.42 Å². The molecule has 1 unspecified atom stereocenters. The van der Waals surface area contributed by atoms with Gasteiger partial charge in [-0.2, -0.15) is 5.10 Å². The number of aromatic nitrogens is 1. The lowest BCUT2D eigenvalue weighted by atomic mass is 10.0. The largest absolute Gasteiger partial charge is 0.497 e. The normalized spacial score (nSPS) is 17.8. The fraction of sp³-hybridized carbons (Fsp3) is 0.231. The summed E-state index contributed by atoms with van der Waals surface area (Å²) in [6, 6.07) is 7.85. The first kappa shape index (κ1) is 13.7. The van der Waals surface area contributed by atoms with Crippen LogP contribution in [0.1, 0.15) is 22.9 Å². The number of nitrogens with one attached hydrogen (secondary N) is 1. The number of nitrogens with zero attached hydrogens (tertiary/aromatic N) is 2. The van der Waals surface area contributed by atoms with Crippen LogP contribution in [0.4, 0.5) is 0 Å². The van der Waals surface area contributed by atoms with Crippen molar-refractivity contribution in [3.63, 3.8) is 0 Å². The average Bonchev–Trinajstić information content (AvgIpc) is 3.05. The maximum Gasteiger partial charge on any atom is 0.185 e. The van der Waals surface area contributed by atoms with E-state index in [0.29, 0.717) is 9.62 Å². The first-order chi connectivity index (χ1) is 9.67. The number of rotatable bonds is 3. The second kappa shape index (κ2) is 5.60. The predicted octanol–water partition coefficient (Wildman–Crippen LogP) is 3.90. The van der Waals surface area contributed by atoms with Crippen LogP contribution in [0, 0.1) is 0 Å². The Morgan fingerprint density at radius 2 is 2.05 bits per heavy atom. The molecule has 0 saturated heterocycles. The molecule has 1 aliphatic heterocycles. The smallest absolute Gasteiger partial charge is 0.185 e. The lowest BCUT2D eigenvalue weighted by Crippen LogP contribution is -2.08. The fourth-order valence-corrected chi connectivity index (χ4v) is 3.55. The van der Waals surface area contributed by atoms with Crippen molar-refractivity contribution in [3.8, 4) is 5.75 Å². The monoisotopic (exact) mass is 327 g/mol. The molecule has 4 nitrogen and oxygen atoms in total. The molecule has 1 N–H and O–H groups in total. The molecule has 1 aliphatic rings. The zero-order valence-corrected chi connectivity index (χ0v) is 12.9. The number of ether oxygens (including phenoxy) is 1. The summed E-state index contributed by atoms with van der Waals surface area (Å²) in [5.74, 6) is 0.828. The molecule has 1 aromatic heterocycles. The van der Waals surface area contributed by atoms with Crippen molar-refractivity contribution >= 4 is 40.3 Å². The van der Waals surface area contributed by atoms with Crippen molar-refractivity contribution in [1.82, 2.24) is 10.4 Å². The van der Waals surface area contributed by atoms with Gasteiger partial charge in [-0.3, -0.25) is 0 Å². The molecule has 7 heteroatoms. The molecule has 0 saturated carbocycles. The third kappa shape index (κ3) is 2.61. The molecule has 0 aliphatic carbocycles. The summed E-state index contributed by atoms with van der Waals surface area (Å²) in [6.07, 6.45) is 0.755. The minimum absolute atomic E-state index is 0.0320. The van der Waals surface area contributed by atoms with Crippen LogP contribution in [0.15, 0.2) is 29.4 Å². The molecule has 0 radical (unpaired) electrons. The van der Waals surface area contributed by atoms with Gasteiger partial charge >= 0.3 is 0 Å². The summed E-state index contributed by atoms with van der Waals surface area (Å²) in [7, 11) is 1.65. The van der Waals surface area contributed by atoms with E-state index >= 15 is 0 Å². The molecular weight excluding hydrogens is 317 g/mol. The third-order valence-corrected chi connectivity index (χ3v) is 4.75. The van der Waals surface area contributed by atoms with Crippen molar-refractivity contribution in [2.75, 3.05) is 7.11 Å². The molecule has 1 aromatic carbocycles. The molecule has 1 atom stereocenters. The molecule has 2 aromatic rings. The quantitative estimate of drug-likeness (QED) is 0.930. The summed E-state index contributed by atoms with van der Waals surface area (Å²) in [5.41, 5.74) is 5.14. The summed E-state index contributed by atoms with van der Waals surface area (Å²) >= 11 is 13.3. The second-order valence-corrected chi connectivity index (χ2v) is 6.27. The van der Waals surface area contributed by atoms with E-state index in [2.05, 4.69) is 15.5 Å². The Morgan fingerprint density at radius 3 is 2.65 bits per heavy atom. The van der Waals surface area contributed by atoms with Gasteiger partial charge < -0.3 is 10.2 Å². The summed E-state index contributed by atoms with van der Waals surface area (Å²) in [6.45, 7) is 0. The van der Waals surface area contributed by atoms with Crippen LogP contribution in [0.2, 0.25) is 9.62 Å². The van der Waals surface area contributed by atoms with Gasteiger partial charge in [0.2, 0.25) is 0 Å². The molecule has 3 rings (SSSR count). The molecule has 2 heterocycles. The minimum Gasteiger partial charge on any atom is -0.497 e. The second-order valence-electron chi connectivity index (χ2n) is 4.29. The van der Waals surface area contributed by atoms with Gasteiger partial charge in [0.1, 0.15) is 10.9 Å². The van der Waals surface area contributed by atoms with E-state index in [1.807, 2.05) is 24.3 Å². The molecule has 0 amide bonds. The number of benzene rings is 1. The summed E-state index contributed by atoms with van der Waals surface area (Å²) < 4.78 is 5.60. The maximum absolute atomic E-state index is 6.07. The zero-order chi connectivity index (χ0) is 14.1. The van der Waals surface area contributed by atoms with Crippen LogP contribution in [-0.2, 0) is 0 Å². The lowest BCUT2D eigenvalue weighted by molar-refractivity contribution is 0.415. The van der Waals surface area contributed by atoms with Gasteiger partial charge in [-0.25, -0.2) is 4.98 Å². The first-order valence-electron chi connectivity index (χ1n) is 5.95. The number of thiazole rings is 1. The minimum atomic E-state index is 0.0320. The highest BCUT2D eigenvalue weighted by molar-refractivity contribution is 7.16. The van der Waals surface area contributed by atoms with Crippen molar-refractivity contribution in [2.24, 2.45) is 5.10 Å². The summed E-state index contributed by atoms with van der Waals surface area (Å²) in [4.78, 5) is 4.94. The highest BCUT2D eigenvalue weighted by Crippen LogP contribution is 2.35. The highest BCUT2D eigenvalue weighted by Gasteiger charge is 2.25.